The molecule has 0 saturated carbocycles. The number of nitrogens with zero attached hydrogens (tertiary/aromatic N) is 1. The zero-order valence-electron chi connectivity index (χ0n) is 16.9. The predicted molar refractivity (Wildman–Crippen MR) is 118 cm³/mol. The molecule has 1 saturated heterocycles. The van der Waals surface area contributed by atoms with Crippen LogP contribution in [0.25, 0.3) is 11.0 Å². The summed E-state index contributed by atoms with van der Waals surface area (Å²) in [5.74, 6) is -2.29. The first-order chi connectivity index (χ1) is 15.4. The van der Waals surface area contributed by atoms with Crippen LogP contribution in [0, 0.1) is 5.82 Å². The Balaban J connectivity index is 1.57. The van der Waals surface area contributed by atoms with Crippen molar-refractivity contribution in [3.63, 3.8) is 0 Å². The Morgan fingerprint density at radius 1 is 1.19 bits per heavy atom. The standard InChI is InChI=1S/C24H19BrFNO5/c25-15-5-8-18-14(10-15)11-19(32-18)22(28)20-21(13-3-6-16(26)7-4-13)27(24(30)23(20)29)12-17-2-1-9-31-17/h3-8,10-11,17,21,29H,1-2,9,12H2. The number of furan rings is 1. The first-order valence-corrected chi connectivity index (χ1v) is 11.1. The van der Waals surface area contributed by atoms with Crippen molar-refractivity contribution in [1.82, 2.24) is 4.90 Å². The van der Waals surface area contributed by atoms with Gasteiger partial charge in [-0.15, -0.1) is 0 Å². The monoisotopic (exact) mass is 499 g/mol. The maximum atomic E-state index is 13.6. The van der Waals surface area contributed by atoms with Crippen molar-refractivity contribution in [3.8, 4) is 0 Å². The molecular formula is C24H19BrFNO5. The lowest BCUT2D eigenvalue weighted by Gasteiger charge is -2.28. The minimum absolute atomic E-state index is 0.0125. The van der Waals surface area contributed by atoms with Crippen molar-refractivity contribution in [1.29, 1.82) is 0 Å². The molecule has 1 aromatic heterocycles. The van der Waals surface area contributed by atoms with Gasteiger partial charge in [0.25, 0.3) is 5.91 Å². The Bertz CT molecular complexity index is 1240. The molecule has 3 heterocycles. The molecule has 1 fully saturated rings. The molecule has 6 nitrogen and oxygen atoms in total. The molecule has 1 N–H and O–H groups in total. The van der Waals surface area contributed by atoms with E-state index in [0.717, 1.165) is 17.3 Å². The van der Waals surface area contributed by atoms with Crippen molar-refractivity contribution < 1.29 is 28.2 Å². The van der Waals surface area contributed by atoms with E-state index in [0.29, 0.717) is 23.1 Å². The van der Waals surface area contributed by atoms with E-state index in [-0.39, 0.29) is 24.0 Å². The van der Waals surface area contributed by atoms with Gasteiger partial charge in [0.15, 0.2) is 11.5 Å². The van der Waals surface area contributed by atoms with Crippen molar-refractivity contribution in [2.45, 2.75) is 25.0 Å². The van der Waals surface area contributed by atoms with Crippen molar-refractivity contribution in [2.75, 3.05) is 13.2 Å². The number of fused-ring (bicyclic) bond motifs is 1. The first-order valence-electron chi connectivity index (χ1n) is 10.3. The van der Waals surface area contributed by atoms with Crippen LogP contribution in [0.3, 0.4) is 0 Å². The van der Waals surface area contributed by atoms with Crippen LogP contribution in [0.15, 0.2) is 68.8 Å². The molecule has 3 aromatic rings. The normalized spacial score (nSPS) is 21.2. The van der Waals surface area contributed by atoms with Gasteiger partial charge in [-0.25, -0.2) is 4.39 Å². The lowest BCUT2D eigenvalue weighted by Crippen LogP contribution is -2.37. The fourth-order valence-corrected chi connectivity index (χ4v) is 4.71. The molecule has 0 radical (unpaired) electrons. The van der Waals surface area contributed by atoms with Gasteiger partial charge >= 0.3 is 0 Å². The van der Waals surface area contributed by atoms with Crippen LogP contribution >= 0.6 is 15.9 Å². The van der Waals surface area contributed by atoms with Gasteiger partial charge in [-0.05, 0) is 54.8 Å². The molecular weight excluding hydrogens is 481 g/mol. The number of ketones is 1. The number of carbonyl (C=O) groups is 2. The summed E-state index contributed by atoms with van der Waals surface area (Å²) in [5, 5.41) is 11.5. The largest absolute Gasteiger partial charge is 0.503 e. The smallest absolute Gasteiger partial charge is 0.290 e. The molecule has 2 aliphatic rings. The Kier molecular flexibility index (Phi) is 5.35. The molecule has 2 unspecified atom stereocenters. The van der Waals surface area contributed by atoms with Crippen molar-refractivity contribution in [2.24, 2.45) is 0 Å². The van der Waals surface area contributed by atoms with Crippen LogP contribution in [-0.2, 0) is 9.53 Å². The molecule has 1 amide bonds. The molecule has 2 aliphatic heterocycles. The second-order valence-electron chi connectivity index (χ2n) is 7.93. The SMILES string of the molecule is O=C(C1=C(O)C(=O)N(CC2CCCO2)C1c1ccc(F)cc1)c1cc2cc(Br)ccc2o1. The second-order valence-corrected chi connectivity index (χ2v) is 8.85. The maximum Gasteiger partial charge on any atom is 0.290 e. The number of aliphatic hydroxyl groups excluding tert-OH is 1. The average Bonchev–Trinajstić information content (AvgIpc) is 3.49. The molecule has 8 heteroatoms. The zero-order chi connectivity index (χ0) is 22.4. The summed E-state index contributed by atoms with van der Waals surface area (Å²) in [4.78, 5) is 27.9. The van der Waals surface area contributed by atoms with Gasteiger partial charge in [-0.1, -0.05) is 28.1 Å². The number of amides is 1. The highest BCUT2D eigenvalue weighted by Gasteiger charge is 2.45. The predicted octanol–water partition coefficient (Wildman–Crippen LogP) is 5.09. The quantitative estimate of drug-likeness (QED) is 0.494. The average molecular weight is 500 g/mol. The summed E-state index contributed by atoms with van der Waals surface area (Å²) in [5.41, 5.74) is 0.942. The van der Waals surface area contributed by atoms with E-state index in [1.165, 1.54) is 29.2 Å². The highest BCUT2D eigenvalue weighted by molar-refractivity contribution is 9.10. The van der Waals surface area contributed by atoms with Crippen LogP contribution in [0.1, 0.15) is 35.0 Å². The third kappa shape index (κ3) is 3.63. The number of rotatable bonds is 5. The second kappa shape index (κ2) is 8.18. The van der Waals surface area contributed by atoms with E-state index in [1.807, 2.05) is 6.07 Å². The zero-order valence-corrected chi connectivity index (χ0v) is 18.5. The van der Waals surface area contributed by atoms with E-state index >= 15 is 0 Å². The molecule has 0 aliphatic carbocycles. The number of hydrogen-bond acceptors (Lipinski definition) is 5. The lowest BCUT2D eigenvalue weighted by molar-refractivity contribution is -0.131. The van der Waals surface area contributed by atoms with Gasteiger partial charge in [0.2, 0.25) is 5.78 Å². The number of halogens is 2. The summed E-state index contributed by atoms with van der Waals surface area (Å²) in [6.45, 7) is 0.822. The van der Waals surface area contributed by atoms with E-state index in [1.54, 1.807) is 18.2 Å². The number of ether oxygens (including phenoxy) is 1. The van der Waals surface area contributed by atoms with Gasteiger partial charge in [-0.3, -0.25) is 9.59 Å². The van der Waals surface area contributed by atoms with Crippen LogP contribution in [-0.4, -0.2) is 41.0 Å². The molecule has 0 bridgehead atoms. The molecule has 32 heavy (non-hydrogen) atoms. The van der Waals surface area contributed by atoms with Crippen molar-refractivity contribution in [3.05, 3.63) is 81.5 Å². The Morgan fingerprint density at radius 2 is 1.97 bits per heavy atom. The summed E-state index contributed by atoms with van der Waals surface area (Å²) >= 11 is 3.39. The summed E-state index contributed by atoms with van der Waals surface area (Å²) in [6, 6.07) is 11.6. The highest BCUT2D eigenvalue weighted by Crippen LogP contribution is 2.40. The lowest BCUT2D eigenvalue weighted by atomic mass is 9.94. The number of Topliss-reactive ketones (excluding diaryl/α,β-unsaturated/α-hetero) is 1. The van der Waals surface area contributed by atoms with Crippen LogP contribution in [0.5, 0.6) is 0 Å². The number of carbonyl (C=O) groups excluding carboxylic acids is 2. The third-order valence-corrected chi connectivity index (χ3v) is 6.35. The fourth-order valence-electron chi connectivity index (χ4n) is 4.33. The van der Waals surface area contributed by atoms with Gasteiger partial charge in [-0.2, -0.15) is 0 Å². The topological polar surface area (TPSA) is 80.0 Å². The van der Waals surface area contributed by atoms with Gasteiger partial charge in [0.1, 0.15) is 11.4 Å². The minimum Gasteiger partial charge on any atom is -0.503 e. The summed E-state index contributed by atoms with van der Waals surface area (Å²) < 4.78 is 25.8. The molecule has 164 valence electrons. The molecule has 5 rings (SSSR count). The number of benzene rings is 2. The Labute approximate surface area is 191 Å². The van der Waals surface area contributed by atoms with Crippen LogP contribution in [0.2, 0.25) is 0 Å². The van der Waals surface area contributed by atoms with E-state index in [9.17, 15) is 19.1 Å². The minimum atomic E-state index is -0.875. The summed E-state index contributed by atoms with van der Waals surface area (Å²) in [7, 11) is 0. The molecule has 2 atom stereocenters. The van der Waals surface area contributed by atoms with Crippen LogP contribution in [0.4, 0.5) is 4.39 Å². The summed E-state index contributed by atoms with van der Waals surface area (Å²) in [6.07, 6.45) is 1.48. The van der Waals surface area contributed by atoms with E-state index in [4.69, 9.17) is 9.15 Å². The van der Waals surface area contributed by atoms with Gasteiger partial charge in [0.05, 0.1) is 17.7 Å². The van der Waals surface area contributed by atoms with Crippen LogP contribution < -0.4 is 0 Å². The molecule has 0 spiro atoms. The highest BCUT2D eigenvalue weighted by atomic mass is 79.9. The Hall–Kier alpha value is -2.97. The van der Waals surface area contributed by atoms with E-state index in [2.05, 4.69) is 15.9 Å². The maximum absolute atomic E-state index is 13.6. The molecule has 2 aromatic carbocycles. The Morgan fingerprint density at radius 3 is 2.69 bits per heavy atom. The first kappa shape index (κ1) is 20.9. The fraction of sp³-hybridized carbons (Fsp3) is 0.250. The van der Waals surface area contributed by atoms with Gasteiger partial charge < -0.3 is 19.2 Å². The third-order valence-electron chi connectivity index (χ3n) is 5.86. The van der Waals surface area contributed by atoms with Gasteiger partial charge in [0, 0.05) is 23.0 Å². The van der Waals surface area contributed by atoms with E-state index < -0.39 is 29.3 Å². The number of hydrogen-bond donors (Lipinski definition) is 1. The number of aliphatic hydroxyl groups is 1. The van der Waals surface area contributed by atoms with Crippen molar-refractivity contribution >= 4 is 38.6 Å².